The molecular formula is C21H20N2O4S. The summed E-state index contributed by atoms with van der Waals surface area (Å²) < 4.78 is 10.9. The van der Waals surface area contributed by atoms with Gasteiger partial charge in [0.25, 0.3) is 11.8 Å². The largest absolute Gasteiger partial charge is 0.496 e. The van der Waals surface area contributed by atoms with Crippen LogP contribution in [0, 0.1) is 6.92 Å². The third kappa shape index (κ3) is 4.89. The molecule has 3 rings (SSSR count). The maximum atomic E-state index is 12.4. The average molecular weight is 396 g/mol. The van der Waals surface area contributed by atoms with Crippen LogP contribution in [0.5, 0.6) is 11.5 Å². The molecule has 7 heteroatoms. The number of thiophene rings is 1. The third-order valence-electron chi connectivity index (χ3n) is 3.94. The number of nitrogens with one attached hydrogen (secondary N) is 2. The van der Waals surface area contributed by atoms with E-state index in [0.29, 0.717) is 22.7 Å². The van der Waals surface area contributed by atoms with Gasteiger partial charge in [-0.3, -0.25) is 9.59 Å². The van der Waals surface area contributed by atoms with Crippen LogP contribution >= 0.6 is 11.3 Å². The standard InChI is InChI=1S/C21H20N2O4S/c1-14-6-3-4-7-17(14)27-13-19(24)22-15-9-10-16(18(12-15)26-2)21(25)23-20-8-5-11-28-20/h3-12H,13H2,1-2H3,(H,22,24)(H,23,25). The summed E-state index contributed by atoms with van der Waals surface area (Å²) in [6.07, 6.45) is 0. The van der Waals surface area contributed by atoms with Crippen molar-refractivity contribution in [1.29, 1.82) is 0 Å². The summed E-state index contributed by atoms with van der Waals surface area (Å²) in [4.78, 5) is 24.6. The fourth-order valence-corrected chi connectivity index (χ4v) is 3.16. The lowest BCUT2D eigenvalue weighted by Gasteiger charge is -2.12. The topological polar surface area (TPSA) is 76.7 Å². The Labute approximate surface area is 167 Å². The summed E-state index contributed by atoms with van der Waals surface area (Å²) in [5.41, 5.74) is 1.85. The maximum absolute atomic E-state index is 12.4. The van der Waals surface area contributed by atoms with Gasteiger partial charge in [0.05, 0.1) is 17.7 Å². The van der Waals surface area contributed by atoms with E-state index in [4.69, 9.17) is 9.47 Å². The van der Waals surface area contributed by atoms with Crippen molar-refractivity contribution in [2.45, 2.75) is 6.92 Å². The Morgan fingerprint density at radius 1 is 1.00 bits per heavy atom. The summed E-state index contributed by atoms with van der Waals surface area (Å²) in [5, 5.41) is 8.18. The zero-order chi connectivity index (χ0) is 19.9. The van der Waals surface area contributed by atoms with Crippen molar-refractivity contribution in [3.63, 3.8) is 0 Å². The number of rotatable bonds is 7. The average Bonchev–Trinajstić information content (AvgIpc) is 3.20. The van der Waals surface area contributed by atoms with Gasteiger partial charge in [-0.05, 0) is 48.2 Å². The second-order valence-electron chi connectivity index (χ2n) is 5.95. The fraction of sp³-hybridized carbons (Fsp3) is 0.143. The van der Waals surface area contributed by atoms with Crippen LogP contribution in [0.15, 0.2) is 60.0 Å². The van der Waals surface area contributed by atoms with Crippen LogP contribution in [0.3, 0.4) is 0 Å². The summed E-state index contributed by atoms with van der Waals surface area (Å²) >= 11 is 1.43. The van der Waals surface area contributed by atoms with Crippen LogP contribution in [0.4, 0.5) is 10.7 Å². The zero-order valence-electron chi connectivity index (χ0n) is 15.5. The van der Waals surface area contributed by atoms with E-state index in [1.54, 1.807) is 18.2 Å². The lowest BCUT2D eigenvalue weighted by atomic mass is 10.1. The predicted octanol–water partition coefficient (Wildman–Crippen LogP) is 4.33. The Balaban J connectivity index is 1.63. The molecule has 0 bridgehead atoms. The predicted molar refractivity (Wildman–Crippen MR) is 111 cm³/mol. The smallest absolute Gasteiger partial charge is 0.262 e. The van der Waals surface area contributed by atoms with Gasteiger partial charge in [0.1, 0.15) is 11.5 Å². The van der Waals surface area contributed by atoms with Crippen molar-refractivity contribution in [3.8, 4) is 11.5 Å². The second-order valence-corrected chi connectivity index (χ2v) is 6.90. The molecule has 3 aromatic rings. The molecule has 0 fully saturated rings. The van der Waals surface area contributed by atoms with Gasteiger partial charge < -0.3 is 20.1 Å². The number of hydrogen-bond donors (Lipinski definition) is 2. The molecule has 0 aliphatic rings. The van der Waals surface area contributed by atoms with Crippen LogP contribution in [-0.2, 0) is 4.79 Å². The van der Waals surface area contributed by atoms with Crippen molar-refractivity contribution in [2.75, 3.05) is 24.4 Å². The van der Waals surface area contributed by atoms with Gasteiger partial charge in [0, 0.05) is 11.8 Å². The van der Waals surface area contributed by atoms with E-state index in [0.717, 1.165) is 10.6 Å². The van der Waals surface area contributed by atoms with E-state index in [1.807, 2.05) is 48.7 Å². The number of carbonyl (C=O) groups excluding carboxylic acids is 2. The van der Waals surface area contributed by atoms with Crippen LogP contribution in [-0.4, -0.2) is 25.5 Å². The minimum atomic E-state index is -0.305. The minimum Gasteiger partial charge on any atom is -0.496 e. The number of carbonyl (C=O) groups is 2. The van der Waals surface area contributed by atoms with Crippen molar-refractivity contribution < 1.29 is 19.1 Å². The van der Waals surface area contributed by atoms with Crippen LogP contribution in [0.1, 0.15) is 15.9 Å². The molecule has 1 aromatic heterocycles. The number of hydrogen-bond acceptors (Lipinski definition) is 5. The Kier molecular flexibility index (Phi) is 6.29. The van der Waals surface area contributed by atoms with Gasteiger partial charge in [-0.25, -0.2) is 0 Å². The molecule has 0 aliphatic carbocycles. The van der Waals surface area contributed by atoms with Gasteiger partial charge in [-0.15, -0.1) is 11.3 Å². The molecule has 0 atom stereocenters. The third-order valence-corrected chi connectivity index (χ3v) is 4.73. The molecule has 0 spiro atoms. The van der Waals surface area contributed by atoms with Gasteiger partial charge in [0.2, 0.25) is 0 Å². The molecule has 1 heterocycles. The maximum Gasteiger partial charge on any atom is 0.262 e. The first-order valence-electron chi connectivity index (χ1n) is 8.58. The van der Waals surface area contributed by atoms with E-state index in [9.17, 15) is 9.59 Å². The summed E-state index contributed by atoms with van der Waals surface area (Å²) in [7, 11) is 1.48. The first-order chi connectivity index (χ1) is 13.6. The van der Waals surface area contributed by atoms with Gasteiger partial charge in [0.15, 0.2) is 6.61 Å². The summed E-state index contributed by atoms with van der Waals surface area (Å²) in [6.45, 7) is 1.80. The van der Waals surface area contributed by atoms with Crippen LogP contribution in [0.2, 0.25) is 0 Å². The molecule has 2 N–H and O–H groups in total. The number of methoxy groups -OCH3 is 1. The quantitative estimate of drug-likeness (QED) is 0.623. The highest BCUT2D eigenvalue weighted by Crippen LogP contribution is 2.25. The van der Waals surface area contributed by atoms with E-state index in [1.165, 1.54) is 18.4 Å². The van der Waals surface area contributed by atoms with Crippen molar-refractivity contribution in [1.82, 2.24) is 0 Å². The molecule has 6 nitrogen and oxygen atoms in total. The van der Waals surface area contributed by atoms with Crippen molar-refractivity contribution >= 4 is 33.8 Å². The lowest BCUT2D eigenvalue weighted by molar-refractivity contribution is -0.118. The Morgan fingerprint density at radius 2 is 1.82 bits per heavy atom. The van der Waals surface area contributed by atoms with E-state index >= 15 is 0 Å². The monoisotopic (exact) mass is 396 g/mol. The number of amides is 2. The highest BCUT2D eigenvalue weighted by molar-refractivity contribution is 7.14. The van der Waals surface area contributed by atoms with Gasteiger partial charge >= 0.3 is 0 Å². The molecule has 0 saturated carbocycles. The molecule has 144 valence electrons. The van der Waals surface area contributed by atoms with Crippen LogP contribution < -0.4 is 20.1 Å². The second kappa shape index (κ2) is 9.05. The highest BCUT2D eigenvalue weighted by Gasteiger charge is 2.15. The molecule has 0 radical (unpaired) electrons. The summed E-state index contributed by atoms with van der Waals surface area (Å²) in [5.74, 6) is 0.448. The first-order valence-corrected chi connectivity index (χ1v) is 9.46. The van der Waals surface area contributed by atoms with Crippen molar-refractivity contribution in [3.05, 3.63) is 71.1 Å². The molecule has 28 heavy (non-hydrogen) atoms. The van der Waals surface area contributed by atoms with E-state index in [2.05, 4.69) is 10.6 Å². The number of benzene rings is 2. The number of ether oxygens (including phenoxy) is 2. The number of para-hydroxylation sites is 1. The van der Waals surface area contributed by atoms with E-state index < -0.39 is 0 Å². The Morgan fingerprint density at radius 3 is 2.54 bits per heavy atom. The molecule has 0 unspecified atom stereocenters. The molecule has 2 aromatic carbocycles. The van der Waals surface area contributed by atoms with Crippen LogP contribution in [0.25, 0.3) is 0 Å². The molecule has 0 aliphatic heterocycles. The summed E-state index contributed by atoms with van der Waals surface area (Å²) in [6, 6.07) is 16.0. The normalized spacial score (nSPS) is 10.2. The number of anilines is 2. The number of aryl methyl sites for hydroxylation is 1. The van der Waals surface area contributed by atoms with Crippen molar-refractivity contribution in [2.24, 2.45) is 0 Å². The Bertz CT molecular complexity index is 970. The minimum absolute atomic E-state index is 0.117. The molecular weight excluding hydrogens is 376 g/mol. The molecule has 0 saturated heterocycles. The zero-order valence-corrected chi connectivity index (χ0v) is 16.3. The fourth-order valence-electron chi connectivity index (χ4n) is 2.54. The highest BCUT2D eigenvalue weighted by atomic mass is 32.1. The van der Waals surface area contributed by atoms with Gasteiger partial charge in [-0.2, -0.15) is 0 Å². The van der Waals surface area contributed by atoms with Gasteiger partial charge in [-0.1, -0.05) is 18.2 Å². The Hall–Kier alpha value is -3.32. The van der Waals surface area contributed by atoms with E-state index in [-0.39, 0.29) is 18.4 Å². The SMILES string of the molecule is COc1cc(NC(=O)COc2ccccc2C)ccc1C(=O)Nc1cccs1. The first kappa shape index (κ1) is 19.4. The molecule has 2 amide bonds. The lowest BCUT2D eigenvalue weighted by Crippen LogP contribution is -2.20.